The van der Waals surface area contributed by atoms with Crippen molar-refractivity contribution in [2.45, 2.75) is 25.0 Å². The summed E-state index contributed by atoms with van der Waals surface area (Å²) in [6.45, 7) is 0.671. The molecule has 1 fully saturated rings. The van der Waals surface area contributed by atoms with Crippen LogP contribution < -0.4 is 5.32 Å². The van der Waals surface area contributed by atoms with E-state index in [1.807, 2.05) is 30.3 Å². The van der Waals surface area contributed by atoms with E-state index >= 15 is 0 Å². The van der Waals surface area contributed by atoms with Crippen LogP contribution in [0.1, 0.15) is 34.9 Å². The number of aromatic nitrogens is 1. The van der Waals surface area contributed by atoms with Crippen LogP contribution in [0.25, 0.3) is 10.8 Å². The van der Waals surface area contributed by atoms with Crippen LogP contribution in [0.4, 0.5) is 4.39 Å². The number of halogens is 1. The highest BCUT2D eigenvalue weighted by Gasteiger charge is 2.29. The Balaban J connectivity index is 1.66. The molecule has 2 atom stereocenters. The summed E-state index contributed by atoms with van der Waals surface area (Å²) in [5, 5.41) is 4.82. The summed E-state index contributed by atoms with van der Waals surface area (Å²) >= 11 is 0. The van der Waals surface area contributed by atoms with Gasteiger partial charge < -0.3 is 10.1 Å². The van der Waals surface area contributed by atoms with Crippen LogP contribution in [0, 0.1) is 5.82 Å². The van der Waals surface area contributed by atoms with Gasteiger partial charge in [0.25, 0.3) is 5.91 Å². The molecule has 26 heavy (non-hydrogen) atoms. The third-order valence-corrected chi connectivity index (χ3v) is 4.74. The topological polar surface area (TPSA) is 51.2 Å². The summed E-state index contributed by atoms with van der Waals surface area (Å²) in [6.07, 6.45) is 3.31. The van der Waals surface area contributed by atoms with E-state index in [0.29, 0.717) is 12.3 Å². The highest BCUT2D eigenvalue weighted by Crippen LogP contribution is 2.28. The average Bonchev–Trinajstić information content (AvgIpc) is 3.21. The molecule has 132 valence electrons. The van der Waals surface area contributed by atoms with E-state index in [-0.39, 0.29) is 23.9 Å². The van der Waals surface area contributed by atoms with Gasteiger partial charge in [-0.05, 0) is 42.0 Å². The molecule has 0 aliphatic carbocycles. The first-order valence-corrected chi connectivity index (χ1v) is 8.74. The molecule has 0 spiro atoms. The quantitative estimate of drug-likeness (QED) is 0.773. The summed E-state index contributed by atoms with van der Waals surface area (Å²) in [6, 6.07) is 15.4. The Morgan fingerprint density at radius 3 is 2.73 bits per heavy atom. The van der Waals surface area contributed by atoms with E-state index in [1.165, 1.54) is 12.1 Å². The number of nitrogens with zero attached hydrogens (tertiary/aromatic N) is 1. The summed E-state index contributed by atoms with van der Waals surface area (Å²) in [5.74, 6) is -0.562. The van der Waals surface area contributed by atoms with Crippen molar-refractivity contribution in [1.29, 1.82) is 0 Å². The summed E-state index contributed by atoms with van der Waals surface area (Å²) in [7, 11) is 0. The van der Waals surface area contributed by atoms with Gasteiger partial charge in [-0.25, -0.2) is 4.39 Å². The number of rotatable bonds is 4. The minimum Gasteiger partial charge on any atom is -0.376 e. The fourth-order valence-corrected chi connectivity index (χ4v) is 3.44. The Kier molecular flexibility index (Phi) is 4.63. The van der Waals surface area contributed by atoms with Gasteiger partial charge in [-0.3, -0.25) is 9.78 Å². The number of fused-ring (bicyclic) bond motifs is 1. The van der Waals surface area contributed by atoms with Gasteiger partial charge in [0.1, 0.15) is 11.5 Å². The minimum atomic E-state index is -0.341. The number of nitrogens with one attached hydrogen (secondary N) is 1. The van der Waals surface area contributed by atoms with Gasteiger partial charge in [-0.1, -0.05) is 36.4 Å². The fraction of sp³-hybridized carbons (Fsp3) is 0.238. The number of pyridine rings is 1. The van der Waals surface area contributed by atoms with E-state index < -0.39 is 0 Å². The SMILES string of the molecule is O=C(N[C@H](c1ccc(F)cc1)[C@H]1CCCO1)c1nccc2ccccc12. The highest BCUT2D eigenvalue weighted by atomic mass is 19.1. The van der Waals surface area contributed by atoms with Crippen molar-refractivity contribution in [3.8, 4) is 0 Å². The number of ether oxygens (including phenoxy) is 1. The molecule has 1 aliphatic rings. The Morgan fingerprint density at radius 2 is 1.96 bits per heavy atom. The molecule has 1 saturated heterocycles. The smallest absolute Gasteiger partial charge is 0.271 e. The van der Waals surface area contributed by atoms with Crippen molar-refractivity contribution < 1.29 is 13.9 Å². The van der Waals surface area contributed by atoms with Gasteiger partial charge in [0.05, 0.1) is 12.1 Å². The lowest BCUT2D eigenvalue weighted by molar-refractivity contribution is 0.0670. The maximum absolute atomic E-state index is 13.3. The zero-order valence-electron chi connectivity index (χ0n) is 14.2. The van der Waals surface area contributed by atoms with Crippen LogP contribution in [0.15, 0.2) is 60.8 Å². The van der Waals surface area contributed by atoms with E-state index in [9.17, 15) is 9.18 Å². The van der Waals surface area contributed by atoms with Crippen molar-refractivity contribution in [3.05, 3.63) is 77.9 Å². The second-order valence-electron chi connectivity index (χ2n) is 6.43. The molecular formula is C21H19FN2O2. The second kappa shape index (κ2) is 7.22. The lowest BCUT2D eigenvalue weighted by Gasteiger charge is -2.25. The Hall–Kier alpha value is -2.79. The van der Waals surface area contributed by atoms with Crippen molar-refractivity contribution in [2.75, 3.05) is 6.61 Å². The third-order valence-electron chi connectivity index (χ3n) is 4.74. The number of amides is 1. The maximum Gasteiger partial charge on any atom is 0.271 e. The zero-order chi connectivity index (χ0) is 17.9. The third kappa shape index (κ3) is 3.30. The molecule has 1 aromatic heterocycles. The molecular weight excluding hydrogens is 331 g/mol. The Labute approximate surface area is 151 Å². The minimum absolute atomic E-state index is 0.126. The van der Waals surface area contributed by atoms with Gasteiger partial charge in [0.15, 0.2) is 0 Å². The summed E-state index contributed by atoms with van der Waals surface area (Å²) in [4.78, 5) is 17.2. The van der Waals surface area contributed by atoms with E-state index in [1.54, 1.807) is 18.3 Å². The van der Waals surface area contributed by atoms with Gasteiger partial charge in [0.2, 0.25) is 0 Å². The Bertz CT molecular complexity index is 915. The molecule has 5 heteroatoms. The fourth-order valence-electron chi connectivity index (χ4n) is 3.44. The van der Waals surface area contributed by atoms with E-state index in [4.69, 9.17) is 4.74 Å². The molecule has 4 rings (SSSR count). The number of benzene rings is 2. The van der Waals surface area contributed by atoms with Crippen molar-refractivity contribution in [1.82, 2.24) is 10.3 Å². The van der Waals surface area contributed by atoms with Crippen LogP contribution in [0.3, 0.4) is 0 Å². The number of hydrogen-bond donors (Lipinski definition) is 1. The van der Waals surface area contributed by atoms with Crippen LogP contribution in [-0.2, 0) is 4.74 Å². The lowest BCUT2D eigenvalue weighted by atomic mass is 9.98. The van der Waals surface area contributed by atoms with Crippen LogP contribution >= 0.6 is 0 Å². The standard InChI is InChI=1S/C21H19FN2O2/c22-16-9-7-15(8-10-16)19(18-6-3-13-26-18)24-21(25)20-17-5-2-1-4-14(17)11-12-23-20/h1-2,4-5,7-12,18-19H,3,6,13H2,(H,24,25)/t18-,19-/m1/s1. The molecule has 1 aliphatic heterocycles. The summed E-state index contributed by atoms with van der Waals surface area (Å²) in [5.41, 5.74) is 1.21. The molecule has 2 heterocycles. The largest absolute Gasteiger partial charge is 0.376 e. The Morgan fingerprint density at radius 1 is 1.15 bits per heavy atom. The van der Waals surface area contributed by atoms with E-state index in [2.05, 4.69) is 10.3 Å². The average molecular weight is 350 g/mol. The maximum atomic E-state index is 13.3. The predicted molar refractivity (Wildman–Crippen MR) is 97.3 cm³/mol. The first-order chi connectivity index (χ1) is 12.7. The molecule has 3 aromatic rings. The van der Waals surface area contributed by atoms with Crippen LogP contribution in [-0.4, -0.2) is 23.6 Å². The first-order valence-electron chi connectivity index (χ1n) is 8.74. The number of carbonyl (C=O) groups excluding carboxylic acids is 1. The van der Waals surface area contributed by atoms with Crippen LogP contribution in [0.2, 0.25) is 0 Å². The van der Waals surface area contributed by atoms with Crippen molar-refractivity contribution in [2.24, 2.45) is 0 Å². The first kappa shape index (κ1) is 16.7. The van der Waals surface area contributed by atoms with Crippen LogP contribution in [0.5, 0.6) is 0 Å². The zero-order valence-corrected chi connectivity index (χ0v) is 14.2. The molecule has 0 unspecified atom stereocenters. The molecule has 1 amide bonds. The van der Waals surface area contributed by atoms with Crippen molar-refractivity contribution in [3.63, 3.8) is 0 Å². The van der Waals surface area contributed by atoms with Gasteiger partial charge >= 0.3 is 0 Å². The molecule has 0 radical (unpaired) electrons. The van der Waals surface area contributed by atoms with Gasteiger partial charge in [0, 0.05) is 18.2 Å². The number of hydrogen-bond acceptors (Lipinski definition) is 3. The summed E-state index contributed by atoms with van der Waals surface area (Å²) < 4.78 is 19.1. The molecule has 0 saturated carbocycles. The molecule has 1 N–H and O–H groups in total. The highest BCUT2D eigenvalue weighted by molar-refractivity contribution is 6.05. The monoisotopic (exact) mass is 350 g/mol. The van der Waals surface area contributed by atoms with Crippen molar-refractivity contribution >= 4 is 16.7 Å². The molecule has 2 aromatic carbocycles. The molecule has 0 bridgehead atoms. The predicted octanol–water partition coefficient (Wildman–Crippen LogP) is 4.02. The van der Waals surface area contributed by atoms with E-state index in [0.717, 1.165) is 29.2 Å². The lowest BCUT2D eigenvalue weighted by Crippen LogP contribution is -2.36. The normalized spacial score (nSPS) is 18.0. The molecule has 4 nitrogen and oxygen atoms in total. The number of carbonyl (C=O) groups is 1. The second-order valence-corrected chi connectivity index (χ2v) is 6.43. The van der Waals surface area contributed by atoms with Gasteiger partial charge in [-0.15, -0.1) is 0 Å². The van der Waals surface area contributed by atoms with Gasteiger partial charge in [-0.2, -0.15) is 0 Å².